The Morgan fingerprint density at radius 1 is 1.44 bits per heavy atom. The fraction of sp³-hybridized carbons (Fsp3) is 0.769. The number of nitrogens with one attached hydrogen (secondary N) is 1. The van der Waals surface area contributed by atoms with E-state index >= 15 is 0 Å². The normalized spacial score (nSPS) is 12.9. The van der Waals surface area contributed by atoms with Crippen LogP contribution in [0, 0.1) is 6.92 Å². The maximum absolute atomic E-state index is 5.54. The molecule has 18 heavy (non-hydrogen) atoms. The topological polar surface area (TPSA) is 39.1 Å². The zero-order chi connectivity index (χ0) is 13.5. The second kappa shape index (κ2) is 7.92. The Labute approximate surface area is 118 Å². The van der Waals surface area contributed by atoms with E-state index < -0.39 is 0 Å². The minimum Gasteiger partial charge on any atom is -0.381 e. The molecule has 1 aromatic heterocycles. The molecule has 1 unspecified atom stereocenters. The molecule has 0 bridgehead atoms. The van der Waals surface area contributed by atoms with Crippen molar-refractivity contribution in [3.05, 3.63) is 15.9 Å². The molecule has 0 aromatic carbocycles. The van der Waals surface area contributed by atoms with E-state index in [0.29, 0.717) is 6.04 Å². The molecule has 0 saturated carbocycles. The van der Waals surface area contributed by atoms with Crippen molar-refractivity contribution in [2.45, 2.75) is 39.2 Å². The Morgan fingerprint density at radius 3 is 2.67 bits per heavy atom. The predicted molar refractivity (Wildman–Crippen MR) is 77.9 cm³/mol. The summed E-state index contributed by atoms with van der Waals surface area (Å²) >= 11 is 3.61. The fourth-order valence-electron chi connectivity index (χ4n) is 1.96. The Balaban J connectivity index is 2.51. The number of hydrogen-bond donors (Lipinski definition) is 1. The summed E-state index contributed by atoms with van der Waals surface area (Å²) in [5, 5.41) is 7.77. The molecular formula is C13H24BrN3O. The molecule has 0 aliphatic carbocycles. The zero-order valence-electron chi connectivity index (χ0n) is 11.8. The van der Waals surface area contributed by atoms with E-state index in [2.05, 4.69) is 33.3 Å². The lowest BCUT2D eigenvalue weighted by atomic mass is 10.1. The average molecular weight is 318 g/mol. The molecule has 1 N–H and O–H groups in total. The monoisotopic (exact) mass is 317 g/mol. The van der Waals surface area contributed by atoms with Gasteiger partial charge in [-0.3, -0.25) is 4.68 Å². The van der Waals surface area contributed by atoms with Crippen molar-refractivity contribution in [2.75, 3.05) is 20.3 Å². The lowest BCUT2D eigenvalue weighted by molar-refractivity contribution is 0.125. The summed E-state index contributed by atoms with van der Waals surface area (Å²) in [4.78, 5) is 0. The van der Waals surface area contributed by atoms with E-state index in [1.165, 1.54) is 5.69 Å². The van der Waals surface area contributed by atoms with E-state index in [-0.39, 0.29) is 0 Å². The number of ether oxygens (including phenoxy) is 1. The lowest BCUT2D eigenvalue weighted by Crippen LogP contribution is -2.30. The first-order valence-corrected chi connectivity index (χ1v) is 7.32. The summed E-state index contributed by atoms with van der Waals surface area (Å²) in [6, 6.07) is 0.424. The second-order valence-electron chi connectivity index (χ2n) is 4.56. The van der Waals surface area contributed by atoms with Crippen LogP contribution < -0.4 is 5.32 Å². The van der Waals surface area contributed by atoms with Gasteiger partial charge in [0.15, 0.2) is 0 Å². The van der Waals surface area contributed by atoms with Crippen molar-refractivity contribution in [3.63, 3.8) is 0 Å². The first kappa shape index (κ1) is 15.7. The molecular weight excluding hydrogens is 294 g/mol. The van der Waals surface area contributed by atoms with Crippen molar-refractivity contribution >= 4 is 15.9 Å². The Hall–Kier alpha value is -0.390. The lowest BCUT2D eigenvalue weighted by Gasteiger charge is -2.16. The Bertz CT molecular complexity index is 365. The third-order valence-corrected chi connectivity index (χ3v) is 4.10. The zero-order valence-corrected chi connectivity index (χ0v) is 13.4. The molecule has 4 nitrogen and oxygen atoms in total. The molecule has 0 aliphatic rings. The van der Waals surface area contributed by atoms with Gasteiger partial charge in [0.2, 0.25) is 0 Å². The molecule has 1 heterocycles. The maximum atomic E-state index is 5.54. The van der Waals surface area contributed by atoms with Crippen LogP contribution in [-0.4, -0.2) is 36.1 Å². The summed E-state index contributed by atoms with van der Waals surface area (Å²) in [7, 11) is 4.00. The SMILES string of the molecule is CCCOCCC(Cc1c(Br)c(C)nn1C)NC. The van der Waals surface area contributed by atoms with Crippen molar-refractivity contribution in [1.82, 2.24) is 15.1 Å². The third kappa shape index (κ3) is 4.37. The van der Waals surface area contributed by atoms with Crippen LogP contribution in [0.4, 0.5) is 0 Å². The Morgan fingerprint density at radius 2 is 2.17 bits per heavy atom. The highest BCUT2D eigenvalue weighted by atomic mass is 79.9. The second-order valence-corrected chi connectivity index (χ2v) is 5.35. The average Bonchev–Trinajstić information content (AvgIpc) is 2.59. The van der Waals surface area contributed by atoms with Gasteiger partial charge in [0.05, 0.1) is 15.9 Å². The largest absolute Gasteiger partial charge is 0.381 e. The van der Waals surface area contributed by atoms with Gasteiger partial charge >= 0.3 is 0 Å². The van der Waals surface area contributed by atoms with Crippen molar-refractivity contribution in [3.8, 4) is 0 Å². The highest BCUT2D eigenvalue weighted by Gasteiger charge is 2.15. The van der Waals surface area contributed by atoms with Crippen molar-refractivity contribution in [1.29, 1.82) is 0 Å². The number of halogens is 1. The number of likely N-dealkylation sites (N-methyl/N-ethyl adjacent to an activating group) is 1. The number of aromatic nitrogens is 2. The van der Waals surface area contributed by atoms with Gasteiger partial charge in [-0.2, -0.15) is 5.10 Å². The molecule has 0 amide bonds. The molecule has 0 saturated heterocycles. The van der Waals surface area contributed by atoms with Crippen LogP contribution in [0.15, 0.2) is 4.47 Å². The fourth-order valence-corrected chi connectivity index (χ4v) is 2.45. The van der Waals surface area contributed by atoms with Crippen LogP contribution in [0.3, 0.4) is 0 Å². The van der Waals surface area contributed by atoms with E-state index in [1.807, 2.05) is 25.7 Å². The summed E-state index contributed by atoms with van der Waals surface area (Å²) in [5.41, 5.74) is 2.28. The van der Waals surface area contributed by atoms with Crippen molar-refractivity contribution in [2.24, 2.45) is 7.05 Å². The molecule has 1 atom stereocenters. The number of rotatable bonds is 8. The molecule has 0 spiro atoms. The predicted octanol–water partition coefficient (Wildman–Crippen LogP) is 2.44. The standard InChI is InChI=1S/C13H24BrN3O/c1-5-7-18-8-6-11(15-3)9-12-13(14)10(2)16-17(12)4/h11,15H,5-9H2,1-4H3. The van der Waals surface area contributed by atoms with Gasteiger partial charge in [0.1, 0.15) is 0 Å². The summed E-state index contributed by atoms with van der Waals surface area (Å²) in [6.45, 7) is 5.82. The molecule has 104 valence electrons. The molecule has 1 aromatic rings. The highest BCUT2D eigenvalue weighted by Crippen LogP contribution is 2.21. The van der Waals surface area contributed by atoms with Crippen LogP contribution in [0.2, 0.25) is 0 Å². The third-order valence-electron chi connectivity index (χ3n) is 3.07. The number of aryl methyl sites for hydroxylation is 2. The first-order chi connectivity index (χ1) is 8.60. The molecule has 0 fully saturated rings. The van der Waals surface area contributed by atoms with Gasteiger partial charge in [0, 0.05) is 32.7 Å². The molecule has 5 heteroatoms. The van der Waals surface area contributed by atoms with Crippen LogP contribution in [0.25, 0.3) is 0 Å². The first-order valence-electron chi connectivity index (χ1n) is 6.53. The quantitative estimate of drug-likeness (QED) is 0.748. The summed E-state index contributed by atoms with van der Waals surface area (Å²) in [5.74, 6) is 0. The van der Waals surface area contributed by atoms with Gasteiger partial charge < -0.3 is 10.1 Å². The smallest absolute Gasteiger partial charge is 0.0738 e. The van der Waals surface area contributed by atoms with Crippen LogP contribution >= 0.6 is 15.9 Å². The van der Waals surface area contributed by atoms with E-state index in [4.69, 9.17) is 4.74 Å². The summed E-state index contributed by atoms with van der Waals surface area (Å²) < 4.78 is 8.62. The molecule has 0 aliphatic heterocycles. The number of nitrogens with zero attached hydrogens (tertiary/aromatic N) is 2. The maximum Gasteiger partial charge on any atom is 0.0738 e. The Kier molecular flexibility index (Phi) is 6.89. The van der Waals surface area contributed by atoms with Gasteiger partial charge in [-0.15, -0.1) is 0 Å². The van der Waals surface area contributed by atoms with E-state index in [1.54, 1.807) is 0 Å². The summed E-state index contributed by atoms with van der Waals surface area (Å²) in [6.07, 6.45) is 3.06. The van der Waals surface area contributed by atoms with Crippen molar-refractivity contribution < 1.29 is 4.74 Å². The van der Waals surface area contributed by atoms with Crippen LogP contribution in [0.5, 0.6) is 0 Å². The number of hydrogen-bond acceptors (Lipinski definition) is 3. The minimum absolute atomic E-state index is 0.424. The van der Waals surface area contributed by atoms with E-state index in [9.17, 15) is 0 Å². The van der Waals surface area contributed by atoms with Gasteiger partial charge in [-0.1, -0.05) is 6.92 Å². The molecule has 1 rings (SSSR count). The highest BCUT2D eigenvalue weighted by molar-refractivity contribution is 9.10. The van der Waals surface area contributed by atoms with Gasteiger partial charge in [-0.25, -0.2) is 0 Å². The molecule has 0 radical (unpaired) electrons. The van der Waals surface area contributed by atoms with Gasteiger partial charge in [0.25, 0.3) is 0 Å². The van der Waals surface area contributed by atoms with Gasteiger partial charge in [-0.05, 0) is 42.7 Å². The minimum atomic E-state index is 0.424. The van der Waals surface area contributed by atoms with Crippen LogP contribution in [0.1, 0.15) is 31.2 Å². The van der Waals surface area contributed by atoms with Crippen LogP contribution in [-0.2, 0) is 18.2 Å². The van der Waals surface area contributed by atoms with E-state index in [0.717, 1.165) is 42.6 Å².